The highest BCUT2D eigenvalue weighted by molar-refractivity contribution is 9.10. The molecule has 0 saturated carbocycles. The van der Waals surface area contributed by atoms with Gasteiger partial charge in [-0.3, -0.25) is 4.79 Å². The molecular weight excluding hydrogens is 268 g/mol. The molecule has 1 heterocycles. The number of halogens is 1. The number of aromatic nitrogens is 1. The second kappa shape index (κ2) is 4.53. The van der Waals surface area contributed by atoms with Crippen molar-refractivity contribution in [2.24, 2.45) is 0 Å². The molecule has 0 radical (unpaired) electrons. The first-order valence-electron chi connectivity index (χ1n) is 4.87. The van der Waals surface area contributed by atoms with Crippen LogP contribution in [0, 0.1) is 0 Å². The molecule has 2 N–H and O–H groups in total. The number of nitrogens with two attached hydrogens (primary N) is 1. The highest BCUT2D eigenvalue weighted by Gasteiger charge is 2.02. The maximum atomic E-state index is 11.8. The Morgan fingerprint density at radius 1 is 1.19 bits per heavy atom. The summed E-state index contributed by atoms with van der Waals surface area (Å²) in [6.45, 7) is 0.491. The fourth-order valence-corrected chi connectivity index (χ4v) is 1.87. The van der Waals surface area contributed by atoms with Crippen molar-refractivity contribution in [2.75, 3.05) is 5.73 Å². The topological polar surface area (TPSA) is 48.0 Å². The second-order valence-electron chi connectivity index (χ2n) is 3.49. The number of nitrogens with zero attached hydrogens (tertiary/aromatic N) is 1. The van der Waals surface area contributed by atoms with Crippen LogP contribution in [0.1, 0.15) is 5.56 Å². The lowest BCUT2D eigenvalue weighted by Gasteiger charge is -2.08. The molecule has 4 heteroatoms. The number of para-hydroxylation sites is 1. The minimum absolute atomic E-state index is 0.0502. The molecule has 1 aromatic carbocycles. The fourth-order valence-electron chi connectivity index (χ4n) is 1.49. The number of hydrogen-bond acceptors (Lipinski definition) is 2. The van der Waals surface area contributed by atoms with E-state index in [0.717, 1.165) is 5.56 Å². The average Bonchev–Trinajstić information content (AvgIpc) is 2.28. The Morgan fingerprint density at radius 2 is 1.94 bits per heavy atom. The van der Waals surface area contributed by atoms with Gasteiger partial charge in [0.05, 0.1) is 11.0 Å². The third-order valence-corrected chi connectivity index (χ3v) is 2.97. The van der Waals surface area contributed by atoms with Crippen molar-refractivity contribution in [1.29, 1.82) is 0 Å². The van der Waals surface area contributed by atoms with Crippen LogP contribution in [0.25, 0.3) is 0 Å². The van der Waals surface area contributed by atoms with Crippen LogP contribution in [0.3, 0.4) is 0 Å². The van der Waals surface area contributed by atoms with Gasteiger partial charge in [-0.1, -0.05) is 18.2 Å². The van der Waals surface area contributed by atoms with Crippen molar-refractivity contribution in [3.8, 4) is 0 Å². The molecule has 16 heavy (non-hydrogen) atoms. The van der Waals surface area contributed by atoms with Crippen LogP contribution in [-0.2, 0) is 6.54 Å². The molecule has 82 valence electrons. The molecule has 1 aromatic heterocycles. The maximum Gasteiger partial charge on any atom is 0.265 e. The molecule has 0 aliphatic carbocycles. The zero-order chi connectivity index (χ0) is 11.5. The van der Waals surface area contributed by atoms with Gasteiger partial charge in [0.1, 0.15) is 0 Å². The number of nitrogen functional groups attached to an aromatic ring is 1. The van der Waals surface area contributed by atoms with Crippen molar-refractivity contribution >= 4 is 21.6 Å². The first kappa shape index (κ1) is 11.0. The molecule has 2 rings (SSSR count). The van der Waals surface area contributed by atoms with Crippen molar-refractivity contribution < 1.29 is 0 Å². The van der Waals surface area contributed by atoms with Crippen LogP contribution in [0.5, 0.6) is 0 Å². The van der Waals surface area contributed by atoms with Gasteiger partial charge in [-0.2, -0.15) is 0 Å². The zero-order valence-electron chi connectivity index (χ0n) is 8.56. The number of anilines is 1. The van der Waals surface area contributed by atoms with Gasteiger partial charge >= 0.3 is 0 Å². The minimum Gasteiger partial charge on any atom is -0.398 e. The lowest BCUT2D eigenvalue weighted by Crippen LogP contribution is -2.20. The summed E-state index contributed by atoms with van der Waals surface area (Å²) >= 11 is 3.21. The summed E-state index contributed by atoms with van der Waals surface area (Å²) in [6, 6.07) is 11.1. The van der Waals surface area contributed by atoms with E-state index >= 15 is 0 Å². The van der Waals surface area contributed by atoms with E-state index in [9.17, 15) is 4.79 Å². The summed E-state index contributed by atoms with van der Waals surface area (Å²) < 4.78 is 2.18. The van der Waals surface area contributed by atoms with Crippen LogP contribution in [0.2, 0.25) is 0 Å². The van der Waals surface area contributed by atoms with Crippen molar-refractivity contribution in [3.63, 3.8) is 0 Å². The van der Waals surface area contributed by atoms with Gasteiger partial charge in [0.15, 0.2) is 0 Å². The number of hydrogen-bond donors (Lipinski definition) is 1. The summed E-state index contributed by atoms with van der Waals surface area (Å²) in [5, 5.41) is 0. The molecule has 0 unspecified atom stereocenters. The molecule has 0 amide bonds. The minimum atomic E-state index is -0.0502. The Morgan fingerprint density at radius 3 is 2.69 bits per heavy atom. The maximum absolute atomic E-state index is 11.8. The molecular formula is C12H11BrN2O. The van der Waals surface area contributed by atoms with Crippen molar-refractivity contribution in [1.82, 2.24) is 4.57 Å². The third kappa shape index (κ3) is 2.17. The quantitative estimate of drug-likeness (QED) is 0.857. The molecule has 0 bridgehead atoms. The van der Waals surface area contributed by atoms with Crippen LogP contribution < -0.4 is 11.3 Å². The second-order valence-corrected chi connectivity index (χ2v) is 4.34. The predicted octanol–water partition coefficient (Wildman–Crippen LogP) is 2.24. The van der Waals surface area contributed by atoms with Gasteiger partial charge in [0.2, 0.25) is 0 Å². The molecule has 0 fully saturated rings. The van der Waals surface area contributed by atoms with Crippen LogP contribution in [0.15, 0.2) is 51.9 Å². The van der Waals surface area contributed by atoms with Crippen molar-refractivity contribution in [3.05, 3.63) is 63.0 Å². The Labute approximate surface area is 102 Å². The first-order valence-corrected chi connectivity index (χ1v) is 5.66. The smallest absolute Gasteiger partial charge is 0.265 e. The molecule has 0 atom stereocenters. The van der Waals surface area contributed by atoms with E-state index in [0.29, 0.717) is 16.7 Å². The summed E-state index contributed by atoms with van der Waals surface area (Å²) in [4.78, 5) is 11.8. The summed E-state index contributed by atoms with van der Waals surface area (Å²) in [6.07, 6.45) is 1.75. The summed E-state index contributed by atoms with van der Waals surface area (Å²) in [5.41, 5.74) is 7.43. The standard InChI is InChI=1S/C12H11BrN2O/c13-10-5-3-7-15(12(10)16)8-9-4-1-2-6-11(9)14/h1-7H,8,14H2. The molecule has 3 nitrogen and oxygen atoms in total. The fraction of sp³-hybridized carbons (Fsp3) is 0.0833. The van der Waals surface area contributed by atoms with E-state index in [1.165, 1.54) is 0 Å². The lowest BCUT2D eigenvalue weighted by atomic mass is 10.2. The molecule has 2 aromatic rings. The Kier molecular flexibility index (Phi) is 3.10. The predicted molar refractivity (Wildman–Crippen MR) is 68.4 cm³/mol. The van der Waals surface area contributed by atoms with Crippen LogP contribution >= 0.6 is 15.9 Å². The Hall–Kier alpha value is -1.55. The van der Waals surface area contributed by atoms with Crippen molar-refractivity contribution in [2.45, 2.75) is 6.54 Å². The normalized spacial score (nSPS) is 10.3. The molecule has 0 saturated heterocycles. The Bertz CT molecular complexity index is 563. The molecule has 0 aliphatic heterocycles. The zero-order valence-corrected chi connectivity index (χ0v) is 10.1. The molecule has 0 aliphatic rings. The monoisotopic (exact) mass is 278 g/mol. The van der Waals surface area contributed by atoms with Gasteiger partial charge in [0.25, 0.3) is 5.56 Å². The van der Waals surface area contributed by atoms with Gasteiger partial charge in [-0.15, -0.1) is 0 Å². The van der Waals surface area contributed by atoms with E-state index in [2.05, 4.69) is 15.9 Å². The van der Waals surface area contributed by atoms with E-state index < -0.39 is 0 Å². The largest absolute Gasteiger partial charge is 0.398 e. The van der Waals surface area contributed by atoms with Gasteiger partial charge in [-0.25, -0.2) is 0 Å². The average molecular weight is 279 g/mol. The Balaban J connectivity index is 2.39. The number of rotatable bonds is 2. The lowest BCUT2D eigenvalue weighted by molar-refractivity contribution is 0.756. The van der Waals surface area contributed by atoms with E-state index in [4.69, 9.17) is 5.73 Å². The number of pyridine rings is 1. The van der Waals surface area contributed by atoms with E-state index in [1.54, 1.807) is 16.8 Å². The highest BCUT2D eigenvalue weighted by Crippen LogP contribution is 2.11. The third-order valence-electron chi connectivity index (χ3n) is 2.37. The van der Waals surface area contributed by atoms with Crippen LogP contribution in [0.4, 0.5) is 5.69 Å². The molecule has 0 spiro atoms. The number of benzene rings is 1. The van der Waals surface area contributed by atoms with Gasteiger partial charge in [0, 0.05) is 11.9 Å². The first-order chi connectivity index (χ1) is 7.68. The van der Waals surface area contributed by atoms with Gasteiger partial charge in [-0.05, 0) is 39.7 Å². The summed E-state index contributed by atoms with van der Waals surface area (Å²) in [7, 11) is 0. The van der Waals surface area contributed by atoms with Crippen LogP contribution in [-0.4, -0.2) is 4.57 Å². The SMILES string of the molecule is Nc1ccccc1Cn1cccc(Br)c1=O. The highest BCUT2D eigenvalue weighted by atomic mass is 79.9. The summed E-state index contributed by atoms with van der Waals surface area (Å²) in [5.74, 6) is 0. The van der Waals surface area contributed by atoms with E-state index in [1.807, 2.05) is 30.3 Å². The van der Waals surface area contributed by atoms with E-state index in [-0.39, 0.29) is 5.56 Å². The van der Waals surface area contributed by atoms with Gasteiger partial charge < -0.3 is 10.3 Å².